The fourth-order valence-electron chi connectivity index (χ4n) is 2.74. The van der Waals surface area contributed by atoms with Crippen LogP contribution in [-0.4, -0.2) is 34.6 Å². The van der Waals surface area contributed by atoms with E-state index in [-0.39, 0.29) is 12.2 Å². The summed E-state index contributed by atoms with van der Waals surface area (Å²) in [5.74, 6) is 2.26. The number of rotatable bonds is 6. The Morgan fingerprint density at radius 2 is 2.30 bits per heavy atom. The van der Waals surface area contributed by atoms with Gasteiger partial charge in [-0.25, -0.2) is 0 Å². The molecule has 0 amide bonds. The van der Waals surface area contributed by atoms with Gasteiger partial charge in [-0.3, -0.25) is 9.67 Å². The van der Waals surface area contributed by atoms with E-state index in [1.165, 1.54) is 0 Å². The fraction of sp³-hybridized carbons (Fsp3) is 0.500. The molecular formula is C16H21N3O3S. The van der Waals surface area contributed by atoms with Crippen molar-refractivity contribution >= 4 is 12.2 Å². The first kappa shape index (κ1) is 16.0. The van der Waals surface area contributed by atoms with Gasteiger partial charge in [0.25, 0.3) is 0 Å². The third-order valence-corrected chi connectivity index (χ3v) is 4.23. The number of nitrogens with zero attached hydrogens (tertiary/aromatic N) is 2. The lowest BCUT2D eigenvalue weighted by Gasteiger charge is -2.17. The van der Waals surface area contributed by atoms with E-state index < -0.39 is 0 Å². The number of aromatic amines is 1. The van der Waals surface area contributed by atoms with Gasteiger partial charge in [-0.05, 0) is 44.1 Å². The summed E-state index contributed by atoms with van der Waals surface area (Å²) in [4.78, 5) is 0. The number of ether oxygens (including phenoxy) is 3. The van der Waals surface area contributed by atoms with Gasteiger partial charge in [-0.15, -0.1) is 0 Å². The van der Waals surface area contributed by atoms with Crippen molar-refractivity contribution in [3.63, 3.8) is 0 Å². The number of nitrogens with one attached hydrogen (secondary N) is 1. The molecule has 0 bridgehead atoms. The lowest BCUT2D eigenvalue weighted by atomic mass is 10.2. The van der Waals surface area contributed by atoms with Crippen molar-refractivity contribution in [1.29, 1.82) is 0 Å². The van der Waals surface area contributed by atoms with Crippen LogP contribution in [0.25, 0.3) is 0 Å². The van der Waals surface area contributed by atoms with E-state index >= 15 is 0 Å². The van der Waals surface area contributed by atoms with Gasteiger partial charge in [0.1, 0.15) is 11.5 Å². The summed E-state index contributed by atoms with van der Waals surface area (Å²) >= 11 is 5.34. The molecule has 23 heavy (non-hydrogen) atoms. The molecule has 2 atom stereocenters. The minimum atomic E-state index is -0.239. The molecule has 1 aliphatic rings. The van der Waals surface area contributed by atoms with Crippen molar-refractivity contribution in [1.82, 2.24) is 14.8 Å². The third-order valence-electron chi connectivity index (χ3n) is 3.92. The molecule has 0 radical (unpaired) electrons. The summed E-state index contributed by atoms with van der Waals surface area (Å²) in [5.41, 5.74) is 0. The molecule has 0 unspecified atom stereocenters. The Hall–Kier alpha value is -1.86. The van der Waals surface area contributed by atoms with Crippen molar-refractivity contribution < 1.29 is 14.2 Å². The number of hydrogen-bond acceptors (Lipinski definition) is 5. The summed E-state index contributed by atoms with van der Waals surface area (Å²) in [6.07, 6.45) is 2.11. The molecule has 1 saturated heterocycles. The number of H-pyrrole nitrogens is 1. The zero-order chi connectivity index (χ0) is 16.2. The van der Waals surface area contributed by atoms with Crippen LogP contribution < -0.4 is 9.47 Å². The van der Waals surface area contributed by atoms with Crippen molar-refractivity contribution in [2.45, 2.75) is 38.5 Å². The molecule has 7 heteroatoms. The molecule has 1 aromatic heterocycles. The summed E-state index contributed by atoms with van der Waals surface area (Å²) in [5, 5.41) is 7.19. The maximum absolute atomic E-state index is 5.99. The predicted octanol–water partition coefficient (Wildman–Crippen LogP) is 3.27. The summed E-state index contributed by atoms with van der Waals surface area (Å²) in [6.45, 7) is 3.48. The first-order valence-electron chi connectivity index (χ1n) is 7.75. The maximum atomic E-state index is 5.99. The van der Waals surface area contributed by atoms with Gasteiger partial charge in [0, 0.05) is 12.7 Å². The van der Waals surface area contributed by atoms with E-state index in [2.05, 4.69) is 10.2 Å². The summed E-state index contributed by atoms with van der Waals surface area (Å²) in [6, 6.07) is 7.52. The van der Waals surface area contributed by atoms with Crippen molar-refractivity contribution in [2.24, 2.45) is 0 Å². The second-order valence-corrected chi connectivity index (χ2v) is 5.96. The number of benzene rings is 1. The predicted molar refractivity (Wildman–Crippen MR) is 88.4 cm³/mol. The monoisotopic (exact) mass is 335 g/mol. The van der Waals surface area contributed by atoms with Crippen molar-refractivity contribution in [3.05, 3.63) is 34.9 Å². The van der Waals surface area contributed by atoms with E-state index in [1.54, 1.807) is 7.11 Å². The topological polar surface area (TPSA) is 61.3 Å². The minimum absolute atomic E-state index is 0.196. The summed E-state index contributed by atoms with van der Waals surface area (Å²) < 4.78 is 19.5. The van der Waals surface area contributed by atoms with Gasteiger partial charge in [-0.1, -0.05) is 6.07 Å². The SMILES string of the molecule is COc1cccc(O[C@@H](C)c2n[nH]c(=S)n2C[C@H]2CCCO2)c1. The molecule has 0 saturated carbocycles. The van der Waals surface area contributed by atoms with E-state index in [9.17, 15) is 0 Å². The Morgan fingerprint density at radius 3 is 3.04 bits per heavy atom. The van der Waals surface area contributed by atoms with Crippen LogP contribution in [0.4, 0.5) is 0 Å². The molecule has 124 valence electrons. The first-order chi connectivity index (χ1) is 11.2. The average molecular weight is 335 g/mol. The van der Waals surface area contributed by atoms with Gasteiger partial charge in [-0.2, -0.15) is 5.10 Å². The van der Waals surface area contributed by atoms with E-state index in [0.29, 0.717) is 11.3 Å². The van der Waals surface area contributed by atoms with Gasteiger partial charge in [0.2, 0.25) is 0 Å². The van der Waals surface area contributed by atoms with Crippen LogP contribution >= 0.6 is 12.2 Å². The fourth-order valence-corrected chi connectivity index (χ4v) is 2.95. The largest absolute Gasteiger partial charge is 0.497 e. The third kappa shape index (κ3) is 3.73. The first-order valence-corrected chi connectivity index (χ1v) is 8.15. The molecule has 0 spiro atoms. The highest BCUT2D eigenvalue weighted by atomic mass is 32.1. The van der Waals surface area contributed by atoms with Crippen LogP contribution in [0, 0.1) is 4.77 Å². The highest BCUT2D eigenvalue weighted by molar-refractivity contribution is 7.71. The minimum Gasteiger partial charge on any atom is -0.497 e. The average Bonchev–Trinajstić information content (AvgIpc) is 3.19. The lowest BCUT2D eigenvalue weighted by molar-refractivity contribution is 0.0935. The number of hydrogen-bond donors (Lipinski definition) is 1. The van der Waals surface area contributed by atoms with Crippen LogP contribution in [0.3, 0.4) is 0 Å². The Labute approximate surface area is 140 Å². The molecule has 1 aromatic carbocycles. The van der Waals surface area contributed by atoms with Gasteiger partial charge in [0.05, 0.1) is 19.8 Å². The highest BCUT2D eigenvalue weighted by Crippen LogP contribution is 2.25. The van der Waals surface area contributed by atoms with E-state index in [1.807, 2.05) is 35.8 Å². The quantitative estimate of drug-likeness (QED) is 0.821. The Balaban J connectivity index is 1.76. The zero-order valence-electron chi connectivity index (χ0n) is 13.3. The zero-order valence-corrected chi connectivity index (χ0v) is 14.1. The van der Waals surface area contributed by atoms with Crippen LogP contribution in [0.5, 0.6) is 11.5 Å². The van der Waals surface area contributed by atoms with Gasteiger partial charge >= 0.3 is 0 Å². The molecule has 2 heterocycles. The standard InChI is InChI=1S/C16H21N3O3S/c1-11(22-13-6-3-5-12(9-13)20-2)15-17-18-16(23)19(15)10-14-7-4-8-21-14/h3,5-6,9,11,14H,4,7-8,10H2,1-2H3,(H,18,23)/t11-,14+/m0/s1. The molecule has 1 fully saturated rings. The number of methoxy groups -OCH3 is 1. The van der Waals surface area contributed by atoms with Crippen LogP contribution in [0.15, 0.2) is 24.3 Å². The molecule has 3 rings (SSSR count). The normalized spacial score (nSPS) is 18.8. The van der Waals surface area contributed by atoms with Crippen molar-refractivity contribution in [2.75, 3.05) is 13.7 Å². The number of aromatic nitrogens is 3. The lowest BCUT2D eigenvalue weighted by Crippen LogP contribution is -2.19. The Kier molecular flexibility index (Phi) is 4.97. The molecular weight excluding hydrogens is 314 g/mol. The van der Waals surface area contributed by atoms with Gasteiger partial charge in [0.15, 0.2) is 16.7 Å². The molecule has 1 aliphatic heterocycles. The Bertz CT molecular complexity index is 707. The van der Waals surface area contributed by atoms with Gasteiger partial charge < -0.3 is 14.2 Å². The van der Waals surface area contributed by atoms with Crippen LogP contribution in [-0.2, 0) is 11.3 Å². The second kappa shape index (κ2) is 7.14. The van der Waals surface area contributed by atoms with Crippen LogP contribution in [0.1, 0.15) is 31.7 Å². The summed E-state index contributed by atoms with van der Waals surface area (Å²) in [7, 11) is 1.63. The molecule has 0 aliphatic carbocycles. The van der Waals surface area contributed by atoms with Crippen LogP contribution in [0.2, 0.25) is 0 Å². The maximum Gasteiger partial charge on any atom is 0.195 e. The molecule has 2 aromatic rings. The van der Waals surface area contributed by atoms with E-state index in [4.69, 9.17) is 26.4 Å². The molecule has 1 N–H and O–H groups in total. The van der Waals surface area contributed by atoms with Crippen molar-refractivity contribution in [3.8, 4) is 11.5 Å². The molecule has 6 nitrogen and oxygen atoms in total. The Morgan fingerprint density at radius 1 is 1.48 bits per heavy atom. The van der Waals surface area contributed by atoms with E-state index in [0.717, 1.165) is 36.8 Å². The highest BCUT2D eigenvalue weighted by Gasteiger charge is 2.21. The second-order valence-electron chi connectivity index (χ2n) is 5.57. The smallest absolute Gasteiger partial charge is 0.195 e.